The van der Waals surface area contributed by atoms with Crippen LogP contribution >= 0.6 is 27.5 Å². The van der Waals surface area contributed by atoms with Crippen LogP contribution in [0.3, 0.4) is 0 Å². The number of benzene rings is 1. The van der Waals surface area contributed by atoms with Crippen molar-refractivity contribution in [1.82, 2.24) is 0 Å². The summed E-state index contributed by atoms with van der Waals surface area (Å²) in [7, 11) is 0. The average molecular weight is 290 g/mol. The number of hydrogen-bond acceptors (Lipinski definition) is 1. The van der Waals surface area contributed by atoms with Crippen molar-refractivity contribution in [3.05, 3.63) is 33.3 Å². The molecular formula is C12H14BrClO. The second kappa shape index (κ2) is 4.86. The molecule has 1 aliphatic rings. The first-order valence-corrected chi connectivity index (χ1v) is 6.47. The number of halogens is 2. The molecule has 1 aromatic carbocycles. The Morgan fingerprint density at radius 2 is 2.20 bits per heavy atom. The molecular weight excluding hydrogens is 275 g/mol. The standard InChI is InChI=1S/C12H14BrClO/c13-10-7-9(4-5-11(10)14)12(15)6-3-8-1-2-8/h4-5,7-8,12,15H,1-3,6H2. The Hall–Kier alpha value is -0.0500. The molecule has 1 saturated carbocycles. The second-order valence-electron chi connectivity index (χ2n) is 4.21. The topological polar surface area (TPSA) is 20.2 Å². The summed E-state index contributed by atoms with van der Waals surface area (Å²) in [5.41, 5.74) is 0.951. The van der Waals surface area contributed by atoms with Crippen molar-refractivity contribution in [2.75, 3.05) is 0 Å². The summed E-state index contributed by atoms with van der Waals surface area (Å²) in [6, 6.07) is 5.62. The number of rotatable bonds is 4. The molecule has 1 N–H and O–H groups in total. The van der Waals surface area contributed by atoms with Crippen LogP contribution in [-0.4, -0.2) is 5.11 Å². The fourth-order valence-electron chi connectivity index (χ4n) is 1.69. The molecule has 82 valence electrons. The highest BCUT2D eigenvalue weighted by atomic mass is 79.9. The minimum Gasteiger partial charge on any atom is -0.388 e. The van der Waals surface area contributed by atoms with E-state index in [1.165, 1.54) is 12.8 Å². The highest BCUT2D eigenvalue weighted by Crippen LogP contribution is 2.36. The fraction of sp³-hybridized carbons (Fsp3) is 0.500. The van der Waals surface area contributed by atoms with Crippen molar-refractivity contribution >= 4 is 27.5 Å². The Labute approximate surface area is 104 Å². The summed E-state index contributed by atoms with van der Waals surface area (Å²) in [5, 5.41) is 10.6. The Bertz CT molecular complexity index is 349. The van der Waals surface area contributed by atoms with Crippen LogP contribution < -0.4 is 0 Å². The van der Waals surface area contributed by atoms with Crippen molar-refractivity contribution < 1.29 is 5.11 Å². The van der Waals surface area contributed by atoms with Crippen LogP contribution in [0.1, 0.15) is 37.4 Å². The van der Waals surface area contributed by atoms with Gasteiger partial charge in [0.25, 0.3) is 0 Å². The average Bonchev–Trinajstić information content (AvgIpc) is 3.02. The molecule has 0 aliphatic heterocycles. The highest BCUT2D eigenvalue weighted by molar-refractivity contribution is 9.10. The van der Waals surface area contributed by atoms with E-state index in [2.05, 4.69) is 15.9 Å². The number of hydrogen-bond donors (Lipinski definition) is 1. The van der Waals surface area contributed by atoms with E-state index in [1.807, 2.05) is 18.2 Å². The fourth-order valence-corrected chi connectivity index (χ4v) is 2.20. The molecule has 1 nitrogen and oxygen atoms in total. The lowest BCUT2D eigenvalue weighted by Crippen LogP contribution is -1.97. The van der Waals surface area contributed by atoms with E-state index in [4.69, 9.17) is 11.6 Å². The summed E-state index contributed by atoms with van der Waals surface area (Å²) in [6.07, 6.45) is 4.34. The van der Waals surface area contributed by atoms with Gasteiger partial charge in [0.1, 0.15) is 0 Å². The van der Waals surface area contributed by atoms with Crippen LogP contribution in [0.4, 0.5) is 0 Å². The molecule has 2 rings (SSSR count). The Morgan fingerprint density at radius 3 is 2.80 bits per heavy atom. The quantitative estimate of drug-likeness (QED) is 0.875. The van der Waals surface area contributed by atoms with Crippen LogP contribution in [0, 0.1) is 5.92 Å². The summed E-state index contributed by atoms with van der Waals surface area (Å²) in [6.45, 7) is 0. The maximum atomic E-state index is 9.95. The molecule has 0 radical (unpaired) electrons. The minimum atomic E-state index is -0.348. The van der Waals surface area contributed by atoms with Crippen molar-refractivity contribution in [3.8, 4) is 0 Å². The van der Waals surface area contributed by atoms with E-state index in [0.29, 0.717) is 5.02 Å². The van der Waals surface area contributed by atoms with Gasteiger partial charge in [-0.25, -0.2) is 0 Å². The molecule has 1 aromatic rings. The zero-order chi connectivity index (χ0) is 10.8. The zero-order valence-electron chi connectivity index (χ0n) is 8.42. The van der Waals surface area contributed by atoms with E-state index >= 15 is 0 Å². The van der Waals surface area contributed by atoms with Crippen molar-refractivity contribution in [2.24, 2.45) is 5.92 Å². The van der Waals surface area contributed by atoms with Crippen molar-refractivity contribution in [2.45, 2.75) is 31.8 Å². The first-order chi connectivity index (χ1) is 7.16. The highest BCUT2D eigenvalue weighted by Gasteiger charge is 2.22. The van der Waals surface area contributed by atoms with E-state index in [0.717, 1.165) is 28.8 Å². The number of aliphatic hydroxyl groups is 1. The maximum Gasteiger partial charge on any atom is 0.0790 e. The number of aliphatic hydroxyl groups excluding tert-OH is 1. The lowest BCUT2D eigenvalue weighted by Gasteiger charge is -2.11. The molecule has 3 heteroatoms. The first kappa shape index (κ1) is 11.4. The molecule has 15 heavy (non-hydrogen) atoms. The normalized spacial score (nSPS) is 17.8. The summed E-state index contributed by atoms with van der Waals surface area (Å²) in [5.74, 6) is 0.871. The van der Waals surface area contributed by atoms with Crippen molar-refractivity contribution in [1.29, 1.82) is 0 Å². The van der Waals surface area contributed by atoms with Crippen LogP contribution in [0.15, 0.2) is 22.7 Å². The predicted octanol–water partition coefficient (Wildman–Crippen LogP) is 4.33. The molecule has 1 aliphatic carbocycles. The summed E-state index contributed by atoms with van der Waals surface area (Å²) >= 11 is 9.26. The third kappa shape index (κ3) is 3.20. The Balaban J connectivity index is 1.97. The molecule has 0 bridgehead atoms. The van der Waals surface area contributed by atoms with Gasteiger partial charge in [-0.05, 0) is 52.4 Å². The molecule has 1 atom stereocenters. The minimum absolute atomic E-state index is 0.348. The van der Waals surface area contributed by atoms with Gasteiger partial charge in [-0.15, -0.1) is 0 Å². The molecule has 1 fully saturated rings. The lowest BCUT2D eigenvalue weighted by molar-refractivity contribution is 0.162. The molecule has 1 unspecified atom stereocenters. The van der Waals surface area contributed by atoms with Crippen LogP contribution in [0.5, 0.6) is 0 Å². The summed E-state index contributed by atoms with van der Waals surface area (Å²) < 4.78 is 0.854. The van der Waals surface area contributed by atoms with E-state index < -0.39 is 0 Å². The lowest BCUT2D eigenvalue weighted by atomic mass is 10.0. The van der Waals surface area contributed by atoms with Gasteiger partial charge in [-0.1, -0.05) is 30.5 Å². The second-order valence-corrected chi connectivity index (χ2v) is 5.47. The van der Waals surface area contributed by atoms with Gasteiger partial charge in [-0.3, -0.25) is 0 Å². The van der Waals surface area contributed by atoms with Gasteiger partial charge >= 0.3 is 0 Å². The Morgan fingerprint density at radius 1 is 1.47 bits per heavy atom. The third-order valence-electron chi connectivity index (χ3n) is 2.87. The maximum absolute atomic E-state index is 9.95. The van der Waals surface area contributed by atoms with Gasteiger partial charge in [0, 0.05) is 4.47 Å². The molecule has 0 heterocycles. The van der Waals surface area contributed by atoms with Crippen LogP contribution in [0.2, 0.25) is 5.02 Å². The summed E-state index contributed by atoms with van der Waals surface area (Å²) in [4.78, 5) is 0. The monoisotopic (exact) mass is 288 g/mol. The van der Waals surface area contributed by atoms with Gasteiger partial charge in [0.15, 0.2) is 0 Å². The smallest absolute Gasteiger partial charge is 0.0790 e. The van der Waals surface area contributed by atoms with Gasteiger partial charge < -0.3 is 5.11 Å². The first-order valence-electron chi connectivity index (χ1n) is 5.30. The van der Waals surface area contributed by atoms with E-state index in [9.17, 15) is 5.11 Å². The largest absolute Gasteiger partial charge is 0.388 e. The SMILES string of the molecule is OC(CCC1CC1)c1ccc(Cl)c(Br)c1. The molecule has 0 saturated heterocycles. The van der Waals surface area contributed by atoms with E-state index in [1.54, 1.807) is 0 Å². The van der Waals surface area contributed by atoms with Crippen molar-refractivity contribution in [3.63, 3.8) is 0 Å². The zero-order valence-corrected chi connectivity index (χ0v) is 10.8. The van der Waals surface area contributed by atoms with Crippen LogP contribution in [-0.2, 0) is 0 Å². The van der Waals surface area contributed by atoms with Gasteiger partial charge in [0.05, 0.1) is 11.1 Å². The molecule has 0 amide bonds. The van der Waals surface area contributed by atoms with Crippen LogP contribution in [0.25, 0.3) is 0 Å². The van der Waals surface area contributed by atoms with Gasteiger partial charge in [0.2, 0.25) is 0 Å². The predicted molar refractivity (Wildman–Crippen MR) is 66.1 cm³/mol. The Kier molecular flexibility index (Phi) is 3.70. The molecule has 0 spiro atoms. The van der Waals surface area contributed by atoms with Gasteiger partial charge in [-0.2, -0.15) is 0 Å². The third-order valence-corrected chi connectivity index (χ3v) is 4.09. The molecule has 0 aromatic heterocycles. The van der Waals surface area contributed by atoms with E-state index in [-0.39, 0.29) is 6.10 Å².